The molecule has 0 heterocycles. The van der Waals surface area contributed by atoms with Gasteiger partial charge < -0.3 is 9.84 Å². The molecule has 0 saturated heterocycles. The van der Waals surface area contributed by atoms with Crippen LogP contribution in [0, 0.1) is 0 Å². The zero-order valence-electron chi connectivity index (χ0n) is 40.3. The van der Waals surface area contributed by atoms with Gasteiger partial charge in [0.1, 0.15) is 0 Å². The maximum atomic E-state index is 11.9. The summed E-state index contributed by atoms with van der Waals surface area (Å²) in [6.45, 7) is 6.81. The molecule has 8 heteroatoms. The number of carbonyl (C=O) groups excluding carboxylic acids is 2. The number of hydrogen-bond acceptors (Lipinski definition) is 4. The van der Waals surface area contributed by atoms with Crippen molar-refractivity contribution < 1.29 is 24.2 Å². The molecule has 0 aliphatic heterocycles. The Kier molecular flexibility index (Phi) is 78.7. The molecule has 0 rings (SSSR count). The van der Waals surface area contributed by atoms with Crippen LogP contribution in [0.1, 0.15) is 316 Å². The van der Waals surface area contributed by atoms with Gasteiger partial charge in [-0.3, -0.25) is 14.4 Å². The molecule has 0 aliphatic rings. The molecule has 0 aromatic heterocycles. The molecule has 0 spiro atoms. The molecular weight excluding hydrogens is 835 g/mol. The summed E-state index contributed by atoms with van der Waals surface area (Å²) >= 11 is 0. The number of carboxylic acid groups (broad SMARTS) is 1. The van der Waals surface area contributed by atoms with E-state index >= 15 is 0 Å². The summed E-state index contributed by atoms with van der Waals surface area (Å²) < 4.78 is 5.01. The monoisotopic (exact) mass is 945 g/mol. The first-order valence-corrected chi connectivity index (χ1v) is 26.6. The van der Waals surface area contributed by atoms with Crippen LogP contribution in [0.5, 0.6) is 0 Å². The Labute approximate surface area is 471 Å². The first-order chi connectivity index (χ1) is 29.0. The van der Waals surface area contributed by atoms with E-state index in [1.807, 2.05) is 0 Å². The fraction of sp³-hybridized carbons (Fsp3) is 0.907. The number of aliphatic carboxylic acids is 1. The van der Waals surface area contributed by atoms with E-state index in [4.69, 9.17) is 9.84 Å². The summed E-state index contributed by atoms with van der Waals surface area (Å²) in [5.74, 6) is -1.31. The van der Waals surface area contributed by atoms with E-state index < -0.39 is 5.97 Å². The zero-order valence-corrected chi connectivity index (χ0v) is 40.3. The predicted molar refractivity (Wildman–Crippen MR) is 283 cm³/mol. The summed E-state index contributed by atoms with van der Waals surface area (Å²) in [7, 11) is 0. The molecule has 0 atom stereocenters. The second-order valence-electron chi connectivity index (χ2n) is 18.0. The van der Waals surface area contributed by atoms with Gasteiger partial charge in [0.05, 0.1) is 0 Å². The first kappa shape index (κ1) is 72.8. The normalized spacial score (nSPS) is 10.7. The number of unbranched alkanes of at least 4 members (excludes halogenated alkanes) is 39. The van der Waals surface area contributed by atoms with Gasteiger partial charge in [-0.25, -0.2) is 0 Å². The summed E-state index contributed by atoms with van der Waals surface area (Å²) in [6.07, 6.45) is 61.3. The average molecular weight is 946 g/mol. The molecule has 0 bridgehead atoms. The van der Waals surface area contributed by atoms with Crippen LogP contribution in [-0.4, -0.2) is 129 Å². The minimum absolute atomic E-state index is 0. The number of carboxylic acids is 1. The molecule has 0 radical (unpaired) electrons. The standard InChI is InChI=1S/C36H70O3.C18H34O2.Al.Ca.K.6H/c1-3-5-7-9-11-13-15-17-19-21-23-25-27-29-31-33-35(37)39-36(38)34-32-30-28-26-24-22-20-18-16-14-12-10-8-6-4-2;1-2-3-4-5-6-7-8-9-10-11-12-13-14-15-16-17-18(19)20;;;;;;;;;/h3-34H2,1-2H3;9-10H,2-8,11-17H2,1H3,(H,19,20);;;;;;;;;/b;10-9-;;;;;;;;;. The minimum atomic E-state index is -0.664. The van der Waals surface area contributed by atoms with Gasteiger partial charge in [0.25, 0.3) is 0 Å². The van der Waals surface area contributed by atoms with Crippen molar-refractivity contribution in [2.75, 3.05) is 0 Å². The molecular formula is C54H110AlCaKO5. The molecule has 0 fully saturated rings. The van der Waals surface area contributed by atoms with E-state index in [9.17, 15) is 14.4 Å². The van der Waals surface area contributed by atoms with E-state index in [-0.39, 0.29) is 118 Å². The maximum absolute atomic E-state index is 11.9. The molecule has 5 nitrogen and oxygen atoms in total. The molecule has 0 aliphatic carbocycles. The fourth-order valence-corrected chi connectivity index (χ4v) is 7.86. The Morgan fingerprint density at radius 2 is 0.532 bits per heavy atom. The second kappa shape index (κ2) is 67.0. The third-order valence-corrected chi connectivity index (χ3v) is 11.8. The van der Waals surface area contributed by atoms with Crippen molar-refractivity contribution in [2.45, 2.75) is 316 Å². The second-order valence-corrected chi connectivity index (χ2v) is 18.0. The van der Waals surface area contributed by atoms with Crippen LogP contribution in [0.3, 0.4) is 0 Å². The Bertz CT molecular complexity index is 845. The number of allylic oxidation sites excluding steroid dienone is 2. The summed E-state index contributed by atoms with van der Waals surface area (Å²) in [5, 5.41) is 8.51. The third kappa shape index (κ3) is 70.8. The average Bonchev–Trinajstić information content (AvgIpc) is 3.22. The van der Waals surface area contributed by atoms with E-state index in [0.717, 1.165) is 38.5 Å². The summed E-state index contributed by atoms with van der Waals surface area (Å²) in [6, 6.07) is 0. The molecule has 62 heavy (non-hydrogen) atoms. The van der Waals surface area contributed by atoms with Crippen molar-refractivity contribution in [3.8, 4) is 0 Å². The van der Waals surface area contributed by atoms with Crippen molar-refractivity contribution in [2.24, 2.45) is 0 Å². The van der Waals surface area contributed by atoms with Crippen LogP contribution in [-0.2, 0) is 19.1 Å². The van der Waals surface area contributed by atoms with Gasteiger partial charge in [0.2, 0.25) is 0 Å². The van der Waals surface area contributed by atoms with Crippen molar-refractivity contribution in [3.05, 3.63) is 12.2 Å². The number of ether oxygens (including phenoxy) is 1. The van der Waals surface area contributed by atoms with E-state index in [1.165, 1.54) is 238 Å². The number of esters is 2. The molecule has 0 aromatic rings. The molecule has 362 valence electrons. The zero-order chi connectivity index (χ0) is 43.4. The summed E-state index contributed by atoms with van der Waals surface area (Å²) in [4.78, 5) is 34.1. The number of hydrogen-bond donors (Lipinski definition) is 1. The molecule has 0 amide bonds. The summed E-state index contributed by atoms with van der Waals surface area (Å²) in [5.41, 5.74) is 0. The van der Waals surface area contributed by atoms with Gasteiger partial charge in [-0.05, 0) is 44.9 Å². The Balaban J connectivity index is -0.000000400. The van der Waals surface area contributed by atoms with Crippen molar-refractivity contribution in [1.29, 1.82) is 0 Å². The van der Waals surface area contributed by atoms with Crippen LogP contribution in [0.2, 0.25) is 0 Å². The van der Waals surface area contributed by atoms with Crippen LogP contribution in [0.25, 0.3) is 0 Å². The topological polar surface area (TPSA) is 80.7 Å². The van der Waals surface area contributed by atoms with Crippen LogP contribution in [0.15, 0.2) is 12.2 Å². The number of carbonyl (C=O) groups is 3. The molecule has 0 unspecified atom stereocenters. The van der Waals surface area contributed by atoms with Crippen molar-refractivity contribution in [3.63, 3.8) is 0 Å². The van der Waals surface area contributed by atoms with Gasteiger partial charge in [-0.15, -0.1) is 0 Å². The van der Waals surface area contributed by atoms with Crippen LogP contribution in [0.4, 0.5) is 0 Å². The van der Waals surface area contributed by atoms with Crippen molar-refractivity contribution >= 4 is 124 Å². The molecule has 0 aromatic carbocycles. The fourth-order valence-electron chi connectivity index (χ4n) is 7.86. The van der Waals surface area contributed by atoms with Gasteiger partial charge in [-0.1, -0.05) is 264 Å². The number of rotatable bonds is 47. The van der Waals surface area contributed by atoms with Gasteiger partial charge >= 0.3 is 107 Å². The third-order valence-electron chi connectivity index (χ3n) is 11.8. The van der Waals surface area contributed by atoms with Crippen molar-refractivity contribution in [1.82, 2.24) is 0 Å². The van der Waals surface area contributed by atoms with Crippen LogP contribution < -0.4 is 0 Å². The van der Waals surface area contributed by atoms with Gasteiger partial charge in [0, 0.05) is 19.3 Å². The first-order valence-electron chi connectivity index (χ1n) is 26.6. The molecule has 1 N–H and O–H groups in total. The quantitative estimate of drug-likeness (QED) is 0.0216. The van der Waals surface area contributed by atoms with Crippen LogP contribution >= 0.6 is 0 Å². The van der Waals surface area contributed by atoms with E-state index in [2.05, 4.69) is 32.9 Å². The van der Waals surface area contributed by atoms with E-state index in [1.54, 1.807) is 0 Å². The SMILES string of the molecule is CCCCCCCC/C=C\CCCCCCCC(=O)O.CCCCCCCCCCCCCCCCCC(=O)OC(=O)CCCCCCCCCCCCCCCCC.[AlH3].[CaH2].[KH]. The Hall–Kier alpha value is 1.78. The van der Waals surface area contributed by atoms with Gasteiger partial charge in [0.15, 0.2) is 17.4 Å². The molecule has 0 saturated carbocycles. The van der Waals surface area contributed by atoms with Gasteiger partial charge in [-0.2, -0.15) is 0 Å². The van der Waals surface area contributed by atoms with E-state index in [0.29, 0.717) is 19.3 Å². The Morgan fingerprint density at radius 3 is 0.758 bits per heavy atom. The predicted octanol–water partition coefficient (Wildman–Crippen LogP) is 15.9. The Morgan fingerprint density at radius 1 is 0.339 bits per heavy atom.